The Balaban J connectivity index is 0.00000882. The summed E-state index contributed by atoms with van der Waals surface area (Å²) in [5.41, 5.74) is 1.97. The van der Waals surface area contributed by atoms with E-state index in [0.717, 1.165) is 54.9 Å². The Morgan fingerprint density at radius 1 is 1.29 bits per heavy atom. The first-order valence-electron chi connectivity index (χ1n) is 14.0. The van der Waals surface area contributed by atoms with Crippen LogP contribution in [0.3, 0.4) is 0 Å². The van der Waals surface area contributed by atoms with Crippen LogP contribution >= 0.6 is 19.5 Å². The summed E-state index contributed by atoms with van der Waals surface area (Å²) in [7, 11) is -2.30. The number of unbranched alkanes of at least 4 members (excludes halogenated alkanes) is 5. The molecule has 2 rings (SSSR count). The lowest BCUT2D eigenvalue weighted by Gasteiger charge is -2.29. The molecular formula is C27H51N4O9PS. The van der Waals surface area contributed by atoms with E-state index in [2.05, 4.69) is 11.9 Å². The Morgan fingerprint density at radius 3 is 2.55 bits per heavy atom. The molecule has 13 nitrogen and oxygen atoms in total. The number of rotatable bonds is 18. The van der Waals surface area contributed by atoms with Crippen LogP contribution in [0.15, 0.2) is 17.1 Å². The molecule has 42 heavy (non-hydrogen) atoms. The largest absolute Gasteiger partial charge is 0.408 e. The van der Waals surface area contributed by atoms with Crippen molar-refractivity contribution in [3.8, 4) is 0 Å². The number of thioether (sulfide) groups is 1. The predicted octanol–water partition coefficient (Wildman–Crippen LogP) is 3.18. The number of hydrogen-bond donors (Lipinski definition) is 4. The molecule has 2 heterocycles. The number of carbonyl (C=O) groups excluding carboxylic acids is 1. The van der Waals surface area contributed by atoms with Gasteiger partial charge in [0.05, 0.1) is 25.2 Å². The first-order valence-corrected chi connectivity index (χ1v) is 16.5. The number of nitrogens with two attached hydrogens (primary N) is 1. The molecule has 1 aliphatic heterocycles. The van der Waals surface area contributed by atoms with Gasteiger partial charge in [0.15, 0.2) is 11.3 Å². The Morgan fingerprint density at radius 2 is 1.93 bits per heavy atom. The van der Waals surface area contributed by atoms with Crippen molar-refractivity contribution in [3.63, 3.8) is 0 Å². The maximum Gasteiger partial charge on any atom is 0.408 e. The molecule has 15 heteroatoms. The lowest BCUT2D eigenvalue weighted by Crippen LogP contribution is -2.46. The van der Waals surface area contributed by atoms with E-state index in [1.165, 1.54) is 23.9 Å². The molecule has 0 saturated carbocycles. The lowest BCUT2D eigenvalue weighted by molar-refractivity contribution is -0.119. The first kappa shape index (κ1) is 38.7. The second-order valence-corrected chi connectivity index (χ2v) is 14.4. The lowest BCUT2D eigenvalue weighted by atomic mass is 9.96. The van der Waals surface area contributed by atoms with Gasteiger partial charge in [-0.2, -0.15) is 4.98 Å². The van der Waals surface area contributed by atoms with Crippen LogP contribution in [-0.4, -0.2) is 91.6 Å². The smallest absolute Gasteiger partial charge is 0.395 e. The van der Waals surface area contributed by atoms with E-state index in [9.17, 15) is 29.5 Å². The molecule has 1 saturated heterocycles. The van der Waals surface area contributed by atoms with Crippen LogP contribution in [0.5, 0.6) is 0 Å². The summed E-state index contributed by atoms with van der Waals surface area (Å²) in [5.74, 6) is 0.183. The van der Waals surface area contributed by atoms with Crippen molar-refractivity contribution in [2.24, 2.45) is 5.41 Å². The average molecular weight is 639 g/mol. The fourth-order valence-corrected chi connectivity index (χ4v) is 6.62. The summed E-state index contributed by atoms with van der Waals surface area (Å²) < 4.78 is 33.7. The van der Waals surface area contributed by atoms with Gasteiger partial charge in [0.1, 0.15) is 23.6 Å². The number of ether oxygens (including phenoxy) is 1. The summed E-state index contributed by atoms with van der Waals surface area (Å²) in [4.78, 5) is 28.3. The molecule has 1 aromatic rings. The van der Waals surface area contributed by atoms with Crippen molar-refractivity contribution in [3.05, 3.63) is 22.7 Å². The van der Waals surface area contributed by atoms with E-state index in [4.69, 9.17) is 19.5 Å². The highest BCUT2D eigenvalue weighted by Gasteiger charge is 2.54. The number of anilines is 1. The van der Waals surface area contributed by atoms with Gasteiger partial charge in [0.2, 0.25) is 0 Å². The molecule has 0 spiro atoms. The predicted molar refractivity (Wildman–Crippen MR) is 164 cm³/mol. The zero-order valence-electron chi connectivity index (χ0n) is 24.7. The van der Waals surface area contributed by atoms with Crippen molar-refractivity contribution in [2.75, 3.05) is 44.9 Å². The van der Waals surface area contributed by atoms with Gasteiger partial charge in [0.25, 0.3) is 0 Å². The molecule has 0 aromatic carbocycles. The van der Waals surface area contributed by atoms with Crippen LogP contribution in [0.4, 0.5) is 5.82 Å². The van der Waals surface area contributed by atoms with Crippen LogP contribution in [0, 0.1) is 5.41 Å². The van der Waals surface area contributed by atoms with Crippen LogP contribution in [0.25, 0.3) is 0 Å². The minimum Gasteiger partial charge on any atom is -0.395 e. The Kier molecular flexibility index (Phi) is 15.9. The fraction of sp³-hybridized carbons (Fsp3) is 0.815. The Hall–Kier alpha value is -1.35. The van der Waals surface area contributed by atoms with Gasteiger partial charge in [-0.25, -0.2) is 14.0 Å². The highest BCUT2D eigenvalue weighted by atomic mass is 32.2. The Bertz CT molecular complexity index is 1090. The minimum absolute atomic E-state index is 0. The second-order valence-electron chi connectivity index (χ2n) is 11.2. The fourth-order valence-electron chi connectivity index (χ4n) is 4.17. The van der Waals surface area contributed by atoms with E-state index in [1.54, 1.807) is 20.9 Å². The van der Waals surface area contributed by atoms with Gasteiger partial charge in [-0.15, -0.1) is 0 Å². The van der Waals surface area contributed by atoms with E-state index in [0.29, 0.717) is 6.54 Å². The summed E-state index contributed by atoms with van der Waals surface area (Å²) in [5, 5.41) is 31.0. The zero-order chi connectivity index (χ0) is 30.8. The van der Waals surface area contributed by atoms with E-state index >= 15 is 0 Å². The molecule has 1 aliphatic rings. The molecule has 5 N–H and O–H groups in total. The van der Waals surface area contributed by atoms with Crippen molar-refractivity contribution in [1.29, 1.82) is 0 Å². The molecular weight excluding hydrogens is 587 g/mol. The van der Waals surface area contributed by atoms with E-state index in [1.807, 2.05) is 0 Å². The number of aliphatic hydroxyl groups excluding tert-OH is 2. The number of hydrogen-bond acceptors (Lipinski definition) is 12. The molecule has 1 aromatic heterocycles. The molecule has 1 fully saturated rings. The van der Waals surface area contributed by atoms with Crippen LogP contribution in [-0.2, 0) is 23.1 Å². The third-order valence-corrected chi connectivity index (χ3v) is 10.2. The number of aromatic nitrogens is 2. The summed E-state index contributed by atoms with van der Waals surface area (Å²) >= 11 is 0.969. The van der Waals surface area contributed by atoms with Gasteiger partial charge in [-0.3, -0.25) is 18.4 Å². The zero-order valence-corrected chi connectivity index (χ0v) is 26.4. The van der Waals surface area contributed by atoms with E-state index in [-0.39, 0.29) is 37.3 Å². The second kappa shape index (κ2) is 17.2. The number of aliphatic hydroxyl groups is 3. The SMILES string of the molecule is C.CCCCCCCCN(C)P(=O)(OCCSC(=O)C(C)(C)CO)OC[C@H]1O[C@@H](n2ccc(N)nc2=O)[C@](C)(O)[C@@H]1O. The normalized spacial score (nSPS) is 24.0. The summed E-state index contributed by atoms with van der Waals surface area (Å²) in [6.45, 7) is 6.37. The first-order chi connectivity index (χ1) is 19.2. The monoisotopic (exact) mass is 638 g/mol. The highest BCUT2D eigenvalue weighted by Crippen LogP contribution is 2.52. The number of nitrogens with zero attached hydrogens (tertiary/aromatic N) is 3. The third-order valence-electron chi connectivity index (χ3n) is 7.03. The van der Waals surface area contributed by atoms with Crippen molar-refractivity contribution < 1.29 is 38.5 Å². The number of carbonyl (C=O) groups is 1. The molecule has 0 amide bonds. The summed E-state index contributed by atoms with van der Waals surface area (Å²) in [6.07, 6.45) is 3.56. The maximum atomic E-state index is 13.9. The van der Waals surface area contributed by atoms with Crippen molar-refractivity contribution in [1.82, 2.24) is 14.2 Å². The molecule has 0 radical (unpaired) electrons. The molecule has 0 bridgehead atoms. The minimum atomic E-state index is -3.92. The molecule has 0 aliphatic carbocycles. The van der Waals surface area contributed by atoms with Crippen LogP contribution in [0.2, 0.25) is 0 Å². The van der Waals surface area contributed by atoms with Gasteiger partial charge in [0, 0.05) is 18.5 Å². The standard InChI is InChI=1S/C26H47N4O9PS.CH4/c1-6-7-8-9-10-11-13-29(5)40(36,37-15-16-41-23(33)25(2,3)18-31)38-17-19-21(32)26(4,35)22(39-19)30-14-12-20(27)28-24(30)34;/h12,14,19,21-22,31-32,35H,6-11,13,15-18H2,1-5H3,(H2,27,28,34);1H4/t19-,21-,22-,26-,40?;/m1./s1. The van der Waals surface area contributed by atoms with Crippen LogP contribution in [0.1, 0.15) is 79.9 Å². The molecule has 244 valence electrons. The molecule has 5 atom stereocenters. The Labute approximate surface area is 253 Å². The highest BCUT2D eigenvalue weighted by molar-refractivity contribution is 8.13. The van der Waals surface area contributed by atoms with Crippen LogP contribution < -0.4 is 11.4 Å². The van der Waals surface area contributed by atoms with Gasteiger partial charge in [-0.05, 0) is 40.3 Å². The number of nitrogen functional groups attached to an aromatic ring is 1. The van der Waals surface area contributed by atoms with Crippen molar-refractivity contribution >= 4 is 30.4 Å². The van der Waals surface area contributed by atoms with Crippen molar-refractivity contribution in [2.45, 2.75) is 97.7 Å². The average Bonchev–Trinajstić information content (AvgIpc) is 3.15. The molecule has 1 unspecified atom stereocenters. The summed E-state index contributed by atoms with van der Waals surface area (Å²) in [6, 6.07) is 1.36. The topological polar surface area (TPSA) is 187 Å². The third kappa shape index (κ3) is 10.4. The van der Waals surface area contributed by atoms with Gasteiger partial charge < -0.3 is 25.8 Å². The quantitative estimate of drug-likeness (QED) is 0.136. The van der Waals surface area contributed by atoms with Gasteiger partial charge >= 0.3 is 13.4 Å². The van der Waals surface area contributed by atoms with E-state index < -0.39 is 49.5 Å². The maximum absolute atomic E-state index is 13.9. The van der Waals surface area contributed by atoms with Gasteiger partial charge in [-0.1, -0.05) is 58.2 Å².